The van der Waals surface area contributed by atoms with Crippen molar-refractivity contribution in [2.24, 2.45) is 5.84 Å². The third kappa shape index (κ3) is 2.41. The van der Waals surface area contributed by atoms with E-state index in [1.807, 2.05) is 12.1 Å². The second kappa shape index (κ2) is 5.41. The molecule has 0 radical (unpaired) electrons. The second-order valence-corrected chi connectivity index (χ2v) is 4.97. The zero-order chi connectivity index (χ0) is 13.9. The van der Waals surface area contributed by atoms with Gasteiger partial charge in [-0.15, -0.1) is 0 Å². The van der Waals surface area contributed by atoms with Gasteiger partial charge in [-0.3, -0.25) is 10.8 Å². The molecular formula is C17H17N3. The van der Waals surface area contributed by atoms with Crippen molar-refractivity contribution in [2.75, 3.05) is 0 Å². The molecule has 1 atom stereocenters. The van der Waals surface area contributed by atoms with Gasteiger partial charge >= 0.3 is 0 Å². The van der Waals surface area contributed by atoms with E-state index in [4.69, 9.17) is 5.84 Å². The normalized spacial score (nSPS) is 12.5. The quantitative estimate of drug-likeness (QED) is 0.564. The highest BCUT2D eigenvalue weighted by Crippen LogP contribution is 2.24. The predicted octanol–water partition coefficient (Wildman–Crippen LogP) is 3.10. The number of hydrogen-bond donors (Lipinski definition) is 2. The van der Waals surface area contributed by atoms with Gasteiger partial charge in [-0.2, -0.15) is 0 Å². The molecule has 0 aliphatic carbocycles. The predicted molar refractivity (Wildman–Crippen MR) is 82.1 cm³/mol. The van der Waals surface area contributed by atoms with E-state index < -0.39 is 0 Å². The third-order valence-electron chi connectivity index (χ3n) is 3.54. The number of aromatic nitrogens is 1. The fourth-order valence-electron chi connectivity index (χ4n) is 2.42. The van der Waals surface area contributed by atoms with Crippen LogP contribution in [0.5, 0.6) is 0 Å². The minimum Gasteiger partial charge on any atom is -0.271 e. The molecule has 3 aromatic rings. The van der Waals surface area contributed by atoms with Crippen molar-refractivity contribution in [2.45, 2.75) is 13.0 Å². The highest BCUT2D eigenvalue weighted by molar-refractivity contribution is 5.79. The van der Waals surface area contributed by atoms with Gasteiger partial charge in [-0.05, 0) is 36.2 Å². The van der Waals surface area contributed by atoms with Crippen LogP contribution in [0.1, 0.15) is 22.7 Å². The Labute approximate surface area is 118 Å². The Hall–Kier alpha value is -2.23. The Morgan fingerprint density at radius 2 is 1.75 bits per heavy atom. The van der Waals surface area contributed by atoms with Gasteiger partial charge in [0.15, 0.2) is 0 Å². The number of rotatable bonds is 3. The van der Waals surface area contributed by atoms with Crippen molar-refractivity contribution in [1.82, 2.24) is 10.4 Å². The third-order valence-corrected chi connectivity index (χ3v) is 3.54. The number of fused-ring (bicyclic) bond motifs is 1. The van der Waals surface area contributed by atoms with Crippen molar-refractivity contribution in [3.8, 4) is 0 Å². The molecule has 100 valence electrons. The molecule has 0 fully saturated rings. The number of benzene rings is 2. The molecular weight excluding hydrogens is 246 g/mol. The number of aryl methyl sites for hydroxylation is 1. The lowest BCUT2D eigenvalue weighted by molar-refractivity contribution is 0.637. The van der Waals surface area contributed by atoms with Crippen LogP contribution < -0.4 is 11.3 Å². The molecule has 0 amide bonds. The number of pyridine rings is 1. The van der Waals surface area contributed by atoms with Gasteiger partial charge in [-0.1, -0.05) is 42.0 Å². The lowest BCUT2D eigenvalue weighted by atomic mass is 9.97. The summed E-state index contributed by atoms with van der Waals surface area (Å²) < 4.78 is 0. The smallest absolute Gasteiger partial charge is 0.0710 e. The van der Waals surface area contributed by atoms with Crippen LogP contribution in [-0.2, 0) is 0 Å². The molecule has 0 saturated carbocycles. The first-order valence-electron chi connectivity index (χ1n) is 6.65. The van der Waals surface area contributed by atoms with Gasteiger partial charge in [0.05, 0.1) is 11.6 Å². The summed E-state index contributed by atoms with van der Waals surface area (Å²) in [6.45, 7) is 2.08. The zero-order valence-electron chi connectivity index (χ0n) is 11.4. The van der Waals surface area contributed by atoms with E-state index in [0.29, 0.717) is 0 Å². The molecule has 2 aromatic carbocycles. The summed E-state index contributed by atoms with van der Waals surface area (Å²) in [6, 6.07) is 18.6. The molecule has 0 saturated heterocycles. The number of hydrogen-bond acceptors (Lipinski definition) is 3. The van der Waals surface area contributed by atoms with Crippen molar-refractivity contribution >= 4 is 10.9 Å². The molecule has 3 heteroatoms. The van der Waals surface area contributed by atoms with Crippen molar-refractivity contribution in [3.63, 3.8) is 0 Å². The average molecular weight is 263 g/mol. The van der Waals surface area contributed by atoms with Crippen molar-refractivity contribution < 1.29 is 0 Å². The first-order valence-corrected chi connectivity index (χ1v) is 6.65. The maximum absolute atomic E-state index is 5.75. The fraction of sp³-hybridized carbons (Fsp3) is 0.118. The first-order chi connectivity index (χ1) is 9.78. The molecule has 20 heavy (non-hydrogen) atoms. The summed E-state index contributed by atoms with van der Waals surface area (Å²) in [7, 11) is 0. The van der Waals surface area contributed by atoms with Gasteiger partial charge in [-0.25, -0.2) is 5.43 Å². The summed E-state index contributed by atoms with van der Waals surface area (Å²) >= 11 is 0. The van der Waals surface area contributed by atoms with E-state index in [1.54, 1.807) is 6.20 Å². The summed E-state index contributed by atoms with van der Waals surface area (Å²) in [5, 5.41) is 1.12. The van der Waals surface area contributed by atoms with E-state index in [-0.39, 0.29) is 6.04 Å². The van der Waals surface area contributed by atoms with E-state index in [9.17, 15) is 0 Å². The Kier molecular flexibility index (Phi) is 3.46. The number of hydrazine groups is 1. The number of nitrogens with zero attached hydrogens (tertiary/aromatic N) is 1. The topological polar surface area (TPSA) is 50.9 Å². The molecule has 0 spiro atoms. The Morgan fingerprint density at radius 3 is 2.50 bits per heavy atom. The van der Waals surface area contributed by atoms with Crippen LogP contribution in [-0.4, -0.2) is 4.98 Å². The summed E-state index contributed by atoms with van der Waals surface area (Å²) in [4.78, 5) is 4.34. The van der Waals surface area contributed by atoms with Crippen LogP contribution in [0.3, 0.4) is 0 Å². The fourth-order valence-corrected chi connectivity index (χ4v) is 2.42. The minimum atomic E-state index is -0.0137. The van der Waals surface area contributed by atoms with Gasteiger partial charge < -0.3 is 0 Å². The Bertz CT molecular complexity index is 720. The lowest BCUT2D eigenvalue weighted by Gasteiger charge is -2.17. The summed E-state index contributed by atoms with van der Waals surface area (Å²) in [5.74, 6) is 5.75. The Morgan fingerprint density at radius 1 is 1.00 bits per heavy atom. The molecule has 1 unspecified atom stereocenters. The molecule has 3 N–H and O–H groups in total. The summed E-state index contributed by atoms with van der Waals surface area (Å²) in [6.07, 6.45) is 1.81. The first kappa shape index (κ1) is 12.8. The van der Waals surface area contributed by atoms with Crippen LogP contribution in [0.2, 0.25) is 0 Å². The maximum atomic E-state index is 5.75. The maximum Gasteiger partial charge on any atom is 0.0710 e. The highest BCUT2D eigenvalue weighted by Gasteiger charge is 2.12. The zero-order valence-corrected chi connectivity index (χ0v) is 11.4. The molecule has 1 aromatic heterocycles. The van der Waals surface area contributed by atoms with Crippen LogP contribution in [0.25, 0.3) is 10.9 Å². The largest absolute Gasteiger partial charge is 0.271 e. The molecule has 1 heterocycles. The van der Waals surface area contributed by atoms with Crippen molar-refractivity contribution in [3.05, 3.63) is 77.5 Å². The van der Waals surface area contributed by atoms with E-state index >= 15 is 0 Å². The Balaban J connectivity index is 2.04. The minimum absolute atomic E-state index is 0.0137. The second-order valence-electron chi connectivity index (χ2n) is 4.97. The molecule has 0 bridgehead atoms. The molecule has 0 aliphatic heterocycles. The van der Waals surface area contributed by atoms with E-state index in [0.717, 1.165) is 22.0 Å². The van der Waals surface area contributed by atoms with E-state index in [1.165, 1.54) is 5.56 Å². The van der Waals surface area contributed by atoms with Crippen LogP contribution in [0.15, 0.2) is 60.8 Å². The van der Waals surface area contributed by atoms with Gasteiger partial charge in [0.2, 0.25) is 0 Å². The average Bonchev–Trinajstić information content (AvgIpc) is 2.50. The van der Waals surface area contributed by atoms with Crippen LogP contribution in [0, 0.1) is 6.92 Å². The SMILES string of the molecule is Cc1ccc(C(NN)c2ccc3ncccc3c2)cc1. The monoisotopic (exact) mass is 263 g/mol. The number of nitrogens with two attached hydrogens (primary N) is 1. The highest BCUT2D eigenvalue weighted by atomic mass is 15.2. The standard InChI is InChI=1S/C17H17N3/c1-12-4-6-13(7-5-12)17(20-18)15-8-9-16-14(11-15)3-2-10-19-16/h2-11,17,20H,18H2,1H3. The van der Waals surface area contributed by atoms with Gasteiger partial charge in [0.1, 0.15) is 0 Å². The van der Waals surface area contributed by atoms with Crippen LogP contribution in [0.4, 0.5) is 0 Å². The lowest BCUT2D eigenvalue weighted by Crippen LogP contribution is -2.28. The molecule has 3 rings (SSSR count). The molecule has 3 nitrogen and oxygen atoms in total. The number of nitrogens with one attached hydrogen (secondary N) is 1. The van der Waals surface area contributed by atoms with Crippen molar-refractivity contribution in [1.29, 1.82) is 0 Å². The molecule has 0 aliphatic rings. The van der Waals surface area contributed by atoms with Gasteiger partial charge in [0, 0.05) is 11.6 Å². The van der Waals surface area contributed by atoms with Crippen LogP contribution >= 0.6 is 0 Å². The van der Waals surface area contributed by atoms with Gasteiger partial charge in [0.25, 0.3) is 0 Å². The van der Waals surface area contributed by atoms with E-state index in [2.05, 4.69) is 59.8 Å². The summed E-state index contributed by atoms with van der Waals surface area (Å²) in [5.41, 5.74) is 7.43.